The number of piperazine rings is 1. The third-order valence-electron chi connectivity index (χ3n) is 4.72. The van der Waals surface area contributed by atoms with Crippen molar-refractivity contribution in [3.8, 4) is 0 Å². The zero-order valence-corrected chi connectivity index (χ0v) is 17.1. The number of sulfonamides is 1. The van der Waals surface area contributed by atoms with Crippen molar-refractivity contribution in [1.29, 1.82) is 0 Å². The van der Waals surface area contributed by atoms with Crippen molar-refractivity contribution in [2.75, 3.05) is 43.9 Å². The van der Waals surface area contributed by atoms with E-state index < -0.39 is 10.0 Å². The topological polar surface area (TPSA) is 112 Å². The van der Waals surface area contributed by atoms with Crippen molar-refractivity contribution >= 4 is 33.3 Å². The van der Waals surface area contributed by atoms with Crippen LogP contribution in [-0.2, 0) is 14.8 Å². The first-order valence-corrected chi connectivity index (χ1v) is 10.6. The first kappa shape index (κ1) is 20.7. The maximum Gasteiger partial charge on any atom is 0.255 e. The van der Waals surface area contributed by atoms with Gasteiger partial charge in [0.2, 0.25) is 15.9 Å². The molecule has 0 aliphatic carbocycles. The van der Waals surface area contributed by atoms with Crippen LogP contribution in [0.15, 0.2) is 47.5 Å². The molecular formula is C19H23N5O4S. The highest BCUT2D eigenvalue weighted by molar-refractivity contribution is 7.89. The van der Waals surface area contributed by atoms with E-state index in [2.05, 4.69) is 15.6 Å². The lowest BCUT2D eigenvalue weighted by atomic mass is 10.2. The van der Waals surface area contributed by atoms with Gasteiger partial charge in [0.1, 0.15) is 5.82 Å². The van der Waals surface area contributed by atoms with E-state index in [1.165, 1.54) is 41.7 Å². The van der Waals surface area contributed by atoms with Crippen LogP contribution in [0.4, 0.5) is 11.5 Å². The molecule has 0 radical (unpaired) electrons. The monoisotopic (exact) mass is 417 g/mol. The maximum absolute atomic E-state index is 12.8. The van der Waals surface area contributed by atoms with Crippen molar-refractivity contribution in [2.45, 2.75) is 11.8 Å². The molecule has 154 valence electrons. The van der Waals surface area contributed by atoms with Gasteiger partial charge in [0.15, 0.2) is 0 Å². The summed E-state index contributed by atoms with van der Waals surface area (Å²) in [4.78, 5) is 29.6. The Kier molecular flexibility index (Phi) is 6.14. The summed E-state index contributed by atoms with van der Waals surface area (Å²) in [5, 5.41) is 5.61. The van der Waals surface area contributed by atoms with Gasteiger partial charge in [0.25, 0.3) is 5.91 Å². The fraction of sp³-hybridized carbons (Fsp3) is 0.316. The first-order chi connectivity index (χ1) is 13.8. The van der Waals surface area contributed by atoms with Gasteiger partial charge in [0.05, 0.1) is 16.8 Å². The zero-order valence-electron chi connectivity index (χ0n) is 16.3. The number of nitrogens with zero attached hydrogens (tertiary/aromatic N) is 3. The molecular weight excluding hydrogens is 394 g/mol. The van der Waals surface area contributed by atoms with Crippen LogP contribution >= 0.6 is 0 Å². The number of pyridine rings is 1. The second-order valence-corrected chi connectivity index (χ2v) is 8.51. The van der Waals surface area contributed by atoms with E-state index >= 15 is 0 Å². The average molecular weight is 417 g/mol. The number of nitrogens with one attached hydrogen (secondary N) is 2. The highest BCUT2D eigenvalue weighted by Gasteiger charge is 2.29. The van der Waals surface area contributed by atoms with E-state index in [-0.39, 0.29) is 29.8 Å². The van der Waals surface area contributed by atoms with Gasteiger partial charge in [-0.2, -0.15) is 4.31 Å². The Morgan fingerprint density at radius 1 is 1.00 bits per heavy atom. The number of rotatable bonds is 5. The molecule has 1 aliphatic rings. The minimum atomic E-state index is -3.67. The summed E-state index contributed by atoms with van der Waals surface area (Å²) in [6.07, 6.45) is 1.53. The van der Waals surface area contributed by atoms with Gasteiger partial charge >= 0.3 is 0 Å². The van der Waals surface area contributed by atoms with Crippen LogP contribution in [0.2, 0.25) is 0 Å². The fourth-order valence-corrected chi connectivity index (χ4v) is 4.41. The molecule has 10 heteroatoms. The molecule has 2 N–H and O–H groups in total. The summed E-state index contributed by atoms with van der Waals surface area (Å²) < 4.78 is 27.0. The number of benzene rings is 1. The lowest BCUT2D eigenvalue weighted by molar-refractivity contribution is -0.129. The molecule has 1 saturated heterocycles. The number of aromatic nitrogens is 1. The van der Waals surface area contributed by atoms with Crippen molar-refractivity contribution in [2.24, 2.45) is 0 Å². The van der Waals surface area contributed by atoms with Crippen molar-refractivity contribution in [3.63, 3.8) is 0 Å². The standard InChI is InChI=1S/C19H23N5O4S/c1-14(25)23-9-11-24(12-10-23)29(27,28)17-6-3-15(4-7-17)19(26)22-16-5-8-18(20-2)21-13-16/h3-8,13H,9-12H2,1-2H3,(H,20,21)(H,22,26). The highest BCUT2D eigenvalue weighted by Crippen LogP contribution is 2.19. The smallest absolute Gasteiger partial charge is 0.255 e. The number of amides is 2. The summed E-state index contributed by atoms with van der Waals surface area (Å²) >= 11 is 0. The molecule has 1 fully saturated rings. The van der Waals surface area contributed by atoms with E-state index in [4.69, 9.17) is 0 Å². The molecule has 3 rings (SSSR count). The van der Waals surface area contributed by atoms with E-state index in [0.29, 0.717) is 30.2 Å². The minimum absolute atomic E-state index is 0.0618. The lowest BCUT2D eigenvalue weighted by Crippen LogP contribution is -2.49. The maximum atomic E-state index is 12.8. The van der Waals surface area contributed by atoms with Gasteiger partial charge in [-0.3, -0.25) is 9.59 Å². The van der Waals surface area contributed by atoms with Gasteiger partial charge in [0, 0.05) is 45.7 Å². The van der Waals surface area contributed by atoms with E-state index in [0.717, 1.165) is 0 Å². The zero-order chi connectivity index (χ0) is 21.0. The number of carbonyl (C=O) groups excluding carboxylic acids is 2. The largest absolute Gasteiger partial charge is 0.373 e. The summed E-state index contributed by atoms with van der Waals surface area (Å²) in [6.45, 7) is 2.71. The number of carbonyl (C=O) groups is 2. The van der Waals surface area contributed by atoms with E-state index in [9.17, 15) is 18.0 Å². The molecule has 0 spiro atoms. The van der Waals surface area contributed by atoms with Gasteiger partial charge in [-0.15, -0.1) is 0 Å². The average Bonchev–Trinajstić information content (AvgIpc) is 2.74. The molecule has 0 atom stereocenters. The van der Waals surface area contributed by atoms with Crippen LogP contribution in [0.25, 0.3) is 0 Å². The molecule has 2 aromatic rings. The van der Waals surface area contributed by atoms with Crippen LogP contribution in [-0.4, -0.2) is 67.6 Å². The Labute approximate surface area is 169 Å². The third-order valence-corrected chi connectivity index (χ3v) is 6.63. The lowest BCUT2D eigenvalue weighted by Gasteiger charge is -2.33. The molecule has 9 nitrogen and oxygen atoms in total. The Morgan fingerprint density at radius 3 is 2.17 bits per heavy atom. The molecule has 0 unspecified atom stereocenters. The predicted molar refractivity (Wildman–Crippen MR) is 109 cm³/mol. The van der Waals surface area contributed by atoms with Crippen LogP contribution in [0.1, 0.15) is 17.3 Å². The van der Waals surface area contributed by atoms with Gasteiger partial charge < -0.3 is 15.5 Å². The molecule has 1 aromatic heterocycles. The summed E-state index contributed by atoms with van der Waals surface area (Å²) in [5.41, 5.74) is 0.872. The highest BCUT2D eigenvalue weighted by atomic mass is 32.2. The Balaban J connectivity index is 1.67. The quantitative estimate of drug-likeness (QED) is 0.757. The molecule has 0 saturated carbocycles. The van der Waals surface area contributed by atoms with Crippen LogP contribution in [0.5, 0.6) is 0 Å². The third kappa shape index (κ3) is 4.72. The van der Waals surface area contributed by atoms with Gasteiger partial charge in [-0.1, -0.05) is 0 Å². The first-order valence-electron chi connectivity index (χ1n) is 9.12. The second kappa shape index (κ2) is 8.58. The predicted octanol–water partition coefficient (Wildman–Crippen LogP) is 1.23. The molecule has 1 aromatic carbocycles. The molecule has 2 amide bonds. The van der Waals surface area contributed by atoms with E-state index in [1.54, 1.807) is 24.1 Å². The van der Waals surface area contributed by atoms with Crippen molar-refractivity contribution in [1.82, 2.24) is 14.2 Å². The fourth-order valence-electron chi connectivity index (χ4n) is 2.99. The van der Waals surface area contributed by atoms with Crippen LogP contribution < -0.4 is 10.6 Å². The van der Waals surface area contributed by atoms with Crippen molar-refractivity contribution in [3.05, 3.63) is 48.2 Å². The number of hydrogen-bond donors (Lipinski definition) is 2. The van der Waals surface area contributed by atoms with Gasteiger partial charge in [-0.25, -0.2) is 13.4 Å². The minimum Gasteiger partial charge on any atom is -0.373 e. The molecule has 29 heavy (non-hydrogen) atoms. The molecule has 0 bridgehead atoms. The summed E-state index contributed by atoms with van der Waals surface area (Å²) in [6, 6.07) is 9.24. The number of anilines is 2. The van der Waals surface area contributed by atoms with Crippen LogP contribution in [0, 0.1) is 0 Å². The summed E-state index contributed by atoms with van der Waals surface area (Å²) in [5.74, 6) is 0.262. The van der Waals surface area contributed by atoms with E-state index in [1.807, 2.05) is 0 Å². The second-order valence-electron chi connectivity index (χ2n) is 6.57. The summed E-state index contributed by atoms with van der Waals surface area (Å²) in [7, 11) is -1.92. The Morgan fingerprint density at radius 2 is 1.66 bits per heavy atom. The molecule has 1 aliphatic heterocycles. The normalized spacial score (nSPS) is 15.0. The number of hydrogen-bond acceptors (Lipinski definition) is 6. The van der Waals surface area contributed by atoms with Gasteiger partial charge in [-0.05, 0) is 36.4 Å². The Hall–Kier alpha value is -2.98. The van der Waals surface area contributed by atoms with Crippen molar-refractivity contribution < 1.29 is 18.0 Å². The SMILES string of the molecule is CNc1ccc(NC(=O)c2ccc(S(=O)(=O)N3CCN(C(C)=O)CC3)cc2)cn1. The van der Waals surface area contributed by atoms with Crippen LogP contribution in [0.3, 0.4) is 0 Å². The Bertz CT molecular complexity index is 982. The molecule has 2 heterocycles.